The van der Waals surface area contributed by atoms with Crippen LogP contribution in [0.3, 0.4) is 0 Å². The van der Waals surface area contributed by atoms with Crippen molar-refractivity contribution in [3.05, 3.63) is 41.6 Å². The van der Waals surface area contributed by atoms with Crippen LogP contribution in [0.1, 0.15) is 17.4 Å². The van der Waals surface area contributed by atoms with E-state index in [0.29, 0.717) is 0 Å². The fourth-order valence-corrected chi connectivity index (χ4v) is 1.41. The monoisotopic (exact) mass is 161 g/mol. The van der Waals surface area contributed by atoms with Gasteiger partial charge in [0.15, 0.2) is 6.23 Å². The Morgan fingerprint density at radius 2 is 2.17 bits per heavy atom. The average molecular weight is 161 g/mol. The molecule has 1 aliphatic heterocycles. The molecule has 1 unspecified atom stereocenters. The van der Waals surface area contributed by atoms with Gasteiger partial charge >= 0.3 is 0 Å². The first kappa shape index (κ1) is 7.37. The first-order valence-electron chi connectivity index (χ1n) is 3.96. The number of rotatable bonds is 1. The van der Waals surface area contributed by atoms with Crippen molar-refractivity contribution in [3.63, 3.8) is 0 Å². The van der Waals surface area contributed by atoms with Gasteiger partial charge in [-0.1, -0.05) is 24.3 Å². The highest BCUT2D eigenvalue weighted by molar-refractivity contribution is 5.56. The Hall–Kier alpha value is -1.28. The van der Waals surface area contributed by atoms with Crippen molar-refractivity contribution in [3.8, 4) is 0 Å². The number of ether oxygens (including phenoxy) is 1. The molecule has 0 fully saturated rings. The minimum absolute atomic E-state index is 0.00574. The maximum atomic E-state index is 5.26. The van der Waals surface area contributed by atoms with Gasteiger partial charge in [-0.15, -0.1) is 0 Å². The first-order chi connectivity index (χ1) is 5.92. The van der Waals surface area contributed by atoms with Gasteiger partial charge in [-0.05, 0) is 17.8 Å². The van der Waals surface area contributed by atoms with Crippen LogP contribution in [0.5, 0.6) is 0 Å². The normalized spacial score (nSPS) is 19.9. The van der Waals surface area contributed by atoms with Crippen molar-refractivity contribution in [1.82, 2.24) is 5.32 Å². The van der Waals surface area contributed by atoms with E-state index in [1.807, 2.05) is 24.4 Å². The molecule has 0 amide bonds. The molecule has 2 heteroatoms. The molecule has 0 bridgehead atoms. The number of fused-ring (bicyclic) bond motifs is 1. The second-order valence-electron chi connectivity index (χ2n) is 2.74. The lowest BCUT2D eigenvalue weighted by Crippen LogP contribution is -2.20. The van der Waals surface area contributed by atoms with E-state index in [-0.39, 0.29) is 6.23 Å². The highest BCUT2D eigenvalue weighted by Crippen LogP contribution is 2.22. The minimum atomic E-state index is 0.00574. The summed E-state index contributed by atoms with van der Waals surface area (Å²) >= 11 is 0. The van der Waals surface area contributed by atoms with E-state index < -0.39 is 0 Å². The van der Waals surface area contributed by atoms with Gasteiger partial charge in [0.05, 0.1) is 0 Å². The Bertz CT molecular complexity index is 306. The Morgan fingerprint density at radius 3 is 3.00 bits per heavy atom. The Balaban J connectivity index is 2.45. The van der Waals surface area contributed by atoms with E-state index in [1.54, 1.807) is 7.11 Å². The molecule has 12 heavy (non-hydrogen) atoms. The quantitative estimate of drug-likeness (QED) is 0.679. The Morgan fingerprint density at radius 1 is 1.33 bits per heavy atom. The summed E-state index contributed by atoms with van der Waals surface area (Å²) in [5.74, 6) is 0. The zero-order valence-corrected chi connectivity index (χ0v) is 6.95. The number of nitrogens with one attached hydrogen (secondary N) is 1. The van der Waals surface area contributed by atoms with E-state index in [2.05, 4.69) is 17.4 Å². The minimum Gasteiger partial charge on any atom is -0.362 e. The molecule has 2 nitrogen and oxygen atoms in total. The molecule has 1 aromatic carbocycles. The summed E-state index contributed by atoms with van der Waals surface area (Å²) in [6.07, 6.45) is 3.97. The van der Waals surface area contributed by atoms with Gasteiger partial charge in [-0.3, -0.25) is 0 Å². The van der Waals surface area contributed by atoms with Crippen LogP contribution in [0.15, 0.2) is 30.5 Å². The van der Waals surface area contributed by atoms with Crippen LogP contribution in [-0.2, 0) is 4.74 Å². The lowest BCUT2D eigenvalue weighted by molar-refractivity contribution is 0.0849. The fraction of sp³-hybridized carbons (Fsp3) is 0.200. The predicted octanol–water partition coefficient (Wildman–Crippen LogP) is 1.91. The summed E-state index contributed by atoms with van der Waals surface area (Å²) in [4.78, 5) is 0. The molecule has 1 atom stereocenters. The predicted molar refractivity (Wildman–Crippen MR) is 48.4 cm³/mol. The Kier molecular flexibility index (Phi) is 1.84. The number of methoxy groups -OCH3 is 1. The van der Waals surface area contributed by atoms with Gasteiger partial charge in [-0.25, -0.2) is 0 Å². The largest absolute Gasteiger partial charge is 0.362 e. The van der Waals surface area contributed by atoms with Crippen molar-refractivity contribution in [2.24, 2.45) is 0 Å². The standard InChI is InChI=1S/C10H11NO/c1-12-10-9-5-3-2-4-8(9)6-7-11-10/h2-7,10-11H,1H3. The molecule has 1 aliphatic rings. The van der Waals surface area contributed by atoms with Crippen LogP contribution in [0.25, 0.3) is 6.08 Å². The van der Waals surface area contributed by atoms with Gasteiger partial charge in [0.2, 0.25) is 0 Å². The summed E-state index contributed by atoms with van der Waals surface area (Å²) in [6, 6.07) is 8.20. The molecule has 0 aromatic heterocycles. The van der Waals surface area contributed by atoms with Crippen LogP contribution in [-0.4, -0.2) is 7.11 Å². The van der Waals surface area contributed by atoms with Crippen LogP contribution >= 0.6 is 0 Å². The number of benzene rings is 1. The molecule has 0 spiro atoms. The van der Waals surface area contributed by atoms with E-state index in [9.17, 15) is 0 Å². The van der Waals surface area contributed by atoms with Crippen molar-refractivity contribution in [1.29, 1.82) is 0 Å². The van der Waals surface area contributed by atoms with Crippen molar-refractivity contribution >= 4 is 6.08 Å². The molecule has 1 aromatic rings. The van der Waals surface area contributed by atoms with Crippen molar-refractivity contribution in [2.45, 2.75) is 6.23 Å². The van der Waals surface area contributed by atoms with E-state index in [4.69, 9.17) is 4.74 Å². The van der Waals surface area contributed by atoms with E-state index in [1.165, 1.54) is 11.1 Å². The SMILES string of the molecule is COC1NC=Cc2ccccc21. The van der Waals surface area contributed by atoms with Gasteiger partial charge < -0.3 is 10.1 Å². The van der Waals surface area contributed by atoms with Gasteiger partial charge in [0.25, 0.3) is 0 Å². The second-order valence-corrected chi connectivity index (χ2v) is 2.74. The zero-order chi connectivity index (χ0) is 8.39. The summed E-state index contributed by atoms with van der Waals surface area (Å²) in [5, 5.41) is 3.12. The third kappa shape index (κ3) is 1.10. The van der Waals surface area contributed by atoms with Gasteiger partial charge in [0.1, 0.15) is 0 Å². The number of hydrogen-bond acceptors (Lipinski definition) is 2. The number of hydrogen-bond donors (Lipinski definition) is 1. The van der Waals surface area contributed by atoms with Crippen LogP contribution in [0.4, 0.5) is 0 Å². The molecule has 0 aliphatic carbocycles. The third-order valence-corrected chi connectivity index (χ3v) is 2.02. The highest BCUT2D eigenvalue weighted by Gasteiger charge is 2.13. The maximum Gasteiger partial charge on any atom is 0.153 e. The van der Waals surface area contributed by atoms with Gasteiger partial charge in [0, 0.05) is 12.7 Å². The molecule has 62 valence electrons. The van der Waals surface area contributed by atoms with Crippen molar-refractivity contribution < 1.29 is 4.74 Å². The summed E-state index contributed by atoms with van der Waals surface area (Å²) in [7, 11) is 1.70. The summed E-state index contributed by atoms with van der Waals surface area (Å²) in [6.45, 7) is 0. The Labute approximate surface area is 71.9 Å². The molecular weight excluding hydrogens is 150 g/mol. The molecular formula is C10H11NO. The molecule has 0 saturated carbocycles. The summed E-state index contributed by atoms with van der Waals surface area (Å²) < 4.78 is 5.26. The molecule has 0 saturated heterocycles. The zero-order valence-electron chi connectivity index (χ0n) is 6.95. The molecule has 1 N–H and O–H groups in total. The lowest BCUT2D eigenvalue weighted by atomic mass is 10.0. The molecule has 0 radical (unpaired) electrons. The molecule has 1 heterocycles. The fourth-order valence-electron chi connectivity index (χ4n) is 1.41. The topological polar surface area (TPSA) is 21.3 Å². The van der Waals surface area contributed by atoms with Crippen LogP contribution in [0.2, 0.25) is 0 Å². The average Bonchev–Trinajstić information content (AvgIpc) is 2.17. The van der Waals surface area contributed by atoms with E-state index in [0.717, 1.165) is 0 Å². The van der Waals surface area contributed by atoms with Crippen LogP contribution in [0, 0.1) is 0 Å². The summed E-state index contributed by atoms with van der Waals surface area (Å²) in [5.41, 5.74) is 2.42. The lowest BCUT2D eigenvalue weighted by Gasteiger charge is -2.21. The smallest absolute Gasteiger partial charge is 0.153 e. The van der Waals surface area contributed by atoms with Gasteiger partial charge in [-0.2, -0.15) is 0 Å². The van der Waals surface area contributed by atoms with E-state index >= 15 is 0 Å². The van der Waals surface area contributed by atoms with Crippen LogP contribution < -0.4 is 5.32 Å². The second kappa shape index (κ2) is 2.99. The first-order valence-corrected chi connectivity index (χ1v) is 3.96. The molecule has 2 rings (SSSR count). The highest BCUT2D eigenvalue weighted by atomic mass is 16.5. The third-order valence-electron chi connectivity index (χ3n) is 2.02. The van der Waals surface area contributed by atoms with Crippen molar-refractivity contribution in [2.75, 3.05) is 7.11 Å². The maximum absolute atomic E-state index is 5.26.